The van der Waals surface area contributed by atoms with Gasteiger partial charge in [-0.1, -0.05) is 24.3 Å². The van der Waals surface area contributed by atoms with E-state index in [1.807, 2.05) is 47.2 Å². The van der Waals surface area contributed by atoms with Crippen LogP contribution in [0.4, 0.5) is 0 Å². The number of carbonyl (C=O) groups excluding carboxylic acids is 1. The molecule has 0 spiro atoms. The zero-order valence-corrected chi connectivity index (χ0v) is 12.4. The van der Waals surface area contributed by atoms with Gasteiger partial charge < -0.3 is 9.30 Å². The smallest absolute Gasteiger partial charge is 0.305 e. The van der Waals surface area contributed by atoms with Gasteiger partial charge in [0.1, 0.15) is 5.69 Å². The fraction of sp³-hybridized carbons (Fsp3) is 0.235. The molecule has 0 aliphatic carbocycles. The number of benzene rings is 1. The van der Waals surface area contributed by atoms with Crippen molar-refractivity contribution in [1.29, 1.82) is 0 Å². The van der Waals surface area contributed by atoms with Gasteiger partial charge in [-0.25, -0.2) is 9.97 Å². The normalized spacial score (nSPS) is 10.8. The average Bonchev–Trinajstić information content (AvgIpc) is 3.02. The third kappa shape index (κ3) is 2.98. The summed E-state index contributed by atoms with van der Waals surface area (Å²) in [6.45, 7) is 0.707. The van der Waals surface area contributed by atoms with Crippen LogP contribution in [0.25, 0.3) is 22.4 Å². The fourth-order valence-electron chi connectivity index (χ4n) is 2.41. The maximum absolute atomic E-state index is 11.2. The summed E-state index contributed by atoms with van der Waals surface area (Å²) in [6.07, 6.45) is 4.77. The summed E-state index contributed by atoms with van der Waals surface area (Å²) in [5.41, 5.74) is 1.78. The van der Waals surface area contributed by atoms with E-state index in [-0.39, 0.29) is 5.97 Å². The molecule has 0 radical (unpaired) electrons. The summed E-state index contributed by atoms with van der Waals surface area (Å²) in [5.74, 6) is 0.626. The van der Waals surface area contributed by atoms with Gasteiger partial charge in [0.25, 0.3) is 0 Å². The summed E-state index contributed by atoms with van der Waals surface area (Å²) < 4.78 is 6.67. The van der Waals surface area contributed by atoms with Crippen LogP contribution in [0.1, 0.15) is 12.8 Å². The van der Waals surface area contributed by atoms with Crippen LogP contribution >= 0.6 is 0 Å². The van der Waals surface area contributed by atoms with E-state index in [2.05, 4.69) is 14.7 Å². The van der Waals surface area contributed by atoms with Crippen LogP contribution in [0.15, 0.2) is 48.8 Å². The van der Waals surface area contributed by atoms with Crippen LogP contribution in [0.2, 0.25) is 0 Å². The van der Waals surface area contributed by atoms with Crippen LogP contribution < -0.4 is 0 Å². The third-order valence-electron chi connectivity index (χ3n) is 3.55. The molecule has 22 heavy (non-hydrogen) atoms. The highest BCUT2D eigenvalue weighted by molar-refractivity contribution is 5.80. The molecule has 0 aliphatic heterocycles. The van der Waals surface area contributed by atoms with Crippen molar-refractivity contribution in [1.82, 2.24) is 14.5 Å². The second-order valence-electron chi connectivity index (χ2n) is 5.01. The fourth-order valence-corrected chi connectivity index (χ4v) is 2.41. The SMILES string of the molecule is COC(=O)CCCn1ccnc1-c1ccc2ccccc2n1. The Hall–Kier alpha value is -2.69. The number of esters is 1. The Morgan fingerprint density at radius 3 is 2.95 bits per heavy atom. The summed E-state index contributed by atoms with van der Waals surface area (Å²) in [4.78, 5) is 20.2. The molecule has 3 aromatic rings. The molecule has 0 aliphatic rings. The monoisotopic (exact) mass is 295 g/mol. The molecular formula is C17H17N3O2. The molecule has 0 saturated heterocycles. The lowest BCUT2D eigenvalue weighted by Gasteiger charge is -2.07. The first kappa shape index (κ1) is 14.3. The number of ether oxygens (including phenoxy) is 1. The summed E-state index contributed by atoms with van der Waals surface area (Å²) in [6, 6.07) is 12.0. The molecule has 0 amide bonds. The van der Waals surface area contributed by atoms with Gasteiger partial charge in [0.05, 0.1) is 12.6 Å². The first-order valence-electron chi connectivity index (χ1n) is 7.22. The summed E-state index contributed by atoms with van der Waals surface area (Å²) >= 11 is 0. The third-order valence-corrected chi connectivity index (χ3v) is 3.55. The Kier molecular flexibility index (Phi) is 4.14. The second-order valence-corrected chi connectivity index (χ2v) is 5.01. The van der Waals surface area contributed by atoms with Crippen molar-refractivity contribution in [3.8, 4) is 11.5 Å². The Labute approximate surface area is 128 Å². The Morgan fingerprint density at radius 1 is 1.23 bits per heavy atom. The Balaban J connectivity index is 1.82. The topological polar surface area (TPSA) is 57.0 Å². The number of aryl methyl sites for hydroxylation is 1. The number of fused-ring (bicyclic) bond motifs is 1. The number of rotatable bonds is 5. The maximum atomic E-state index is 11.2. The Bertz CT molecular complexity index is 795. The van der Waals surface area contributed by atoms with Crippen molar-refractivity contribution in [3.05, 3.63) is 48.8 Å². The maximum Gasteiger partial charge on any atom is 0.305 e. The molecule has 3 rings (SSSR count). The number of pyridine rings is 1. The van der Waals surface area contributed by atoms with Gasteiger partial charge in [0.15, 0.2) is 5.82 Å². The van der Waals surface area contributed by atoms with Gasteiger partial charge in [0, 0.05) is 30.7 Å². The number of carbonyl (C=O) groups is 1. The minimum Gasteiger partial charge on any atom is -0.469 e. The lowest BCUT2D eigenvalue weighted by molar-refractivity contribution is -0.140. The van der Waals surface area contributed by atoms with Crippen LogP contribution in [0.5, 0.6) is 0 Å². The Morgan fingerprint density at radius 2 is 2.09 bits per heavy atom. The van der Waals surface area contributed by atoms with Gasteiger partial charge in [-0.2, -0.15) is 0 Å². The lowest BCUT2D eigenvalue weighted by Crippen LogP contribution is -2.05. The predicted molar refractivity (Wildman–Crippen MR) is 84.2 cm³/mol. The standard InChI is InChI=1S/C17H17N3O2/c1-22-16(21)7-4-11-20-12-10-18-17(20)15-9-8-13-5-2-3-6-14(13)19-15/h2-3,5-6,8-10,12H,4,7,11H2,1H3. The molecule has 0 bridgehead atoms. The summed E-state index contributed by atoms with van der Waals surface area (Å²) in [5, 5.41) is 1.11. The first-order valence-corrected chi connectivity index (χ1v) is 7.22. The van der Waals surface area contributed by atoms with E-state index < -0.39 is 0 Å². The second kappa shape index (κ2) is 6.39. The quantitative estimate of drug-likeness (QED) is 0.679. The highest BCUT2D eigenvalue weighted by atomic mass is 16.5. The highest BCUT2D eigenvalue weighted by Gasteiger charge is 2.09. The van der Waals surface area contributed by atoms with Crippen molar-refractivity contribution < 1.29 is 9.53 Å². The largest absolute Gasteiger partial charge is 0.469 e. The highest BCUT2D eigenvalue weighted by Crippen LogP contribution is 2.20. The number of imidazole rings is 1. The molecule has 112 valence electrons. The van der Waals surface area contributed by atoms with Crippen LogP contribution in [-0.4, -0.2) is 27.6 Å². The average molecular weight is 295 g/mol. The van der Waals surface area contributed by atoms with E-state index in [4.69, 9.17) is 0 Å². The van der Waals surface area contributed by atoms with E-state index >= 15 is 0 Å². The molecule has 1 aromatic carbocycles. The molecule has 2 heterocycles. The van der Waals surface area contributed by atoms with Crippen LogP contribution in [0, 0.1) is 0 Å². The van der Waals surface area contributed by atoms with Crippen molar-refractivity contribution in [3.63, 3.8) is 0 Å². The van der Waals surface area contributed by atoms with E-state index in [1.54, 1.807) is 6.20 Å². The van der Waals surface area contributed by atoms with Gasteiger partial charge >= 0.3 is 5.97 Å². The first-order chi connectivity index (χ1) is 10.8. The van der Waals surface area contributed by atoms with Crippen molar-refractivity contribution >= 4 is 16.9 Å². The number of aromatic nitrogens is 3. The molecular weight excluding hydrogens is 278 g/mol. The van der Waals surface area contributed by atoms with Crippen LogP contribution in [-0.2, 0) is 16.1 Å². The molecule has 2 aromatic heterocycles. The van der Waals surface area contributed by atoms with Crippen molar-refractivity contribution in [2.45, 2.75) is 19.4 Å². The van der Waals surface area contributed by atoms with Crippen molar-refractivity contribution in [2.75, 3.05) is 7.11 Å². The molecule has 0 atom stereocenters. The van der Waals surface area contributed by atoms with Gasteiger partial charge in [0.2, 0.25) is 0 Å². The lowest BCUT2D eigenvalue weighted by atomic mass is 10.2. The molecule has 0 saturated carbocycles. The van der Waals surface area contributed by atoms with Gasteiger partial charge in [-0.3, -0.25) is 4.79 Å². The molecule has 5 nitrogen and oxygen atoms in total. The predicted octanol–water partition coefficient (Wildman–Crippen LogP) is 3.05. The van der Waals surface area contributed by atoms with E-state index in [0.29, 0.717) is 19.4 Å². The van der Waals surface area contributed by atoms with E-state index in [9.17, 15) is 4.79 Å². The van der Waals surface area contributed by atoms with Crippen molar-refractivity contribution in [2.24, 2.45) is 0 Å². The number of hydrogen-bond donors (Lipinski definition) is 0. The zero-order chi connectivity index (χ0) is 15.4. The minimum atomic E-state index is -0.189. The number of nitrogens with zero attached hydrogens (tertiary/aromatic N) is 3. The van der Waals surface area contributed by atoms with E-state index in [0.717, 1.165) is 22.4 Å². The molecule has 0 unspecified atom stereocenters. The summed E-state index contributed by atoms with van der Waals surface area (Å²) in [7, 11) is 1.41. The molecule has 0 fully saturated rings. The number of para-hydroxylation sites is 1. The van der Waals surface area contributed by atoms with E-state index in [1.165, 1.54) is 7.11 Å². The van der Waals surface area contributed by atoms with Gasteiger partial charge in [-0.05, 0) is 18.6 Å². The minimum absolute atomic E-state index is 0.189. The number of methoxy groups -OCH3 is 1. The number of hydrogen-bond acceptors (Lipinski definition) is 4. The molecule has 5 heteroatoms. The van der Waals surface area contributed by atoms with Gasteiger partial charge in [-0.15, -0.1) is 0 Å². The molecule has 0 N–H and O–H groups in total. The zero-order valence-electron chi connectivity index (χ0n) is 12.4. The van der Waals surface area contributed by atoms with Crippen LogP contribution in [0.3, 0.4) is 0 Å².